The largest absolute Gasteiger partial charge is 0.309 e. The Kier molecular flexibility index (Phi) is 6.52. The minimum absolute atomic E-state index is 0.630. The van der Waals surface area contributed by atoms with Gasteiger partial charge in [-0.2, -0.15) is 0 Å². The first-order chi connectivity index (χ1) is 26.3. The lowest BCUT2D eigenvalue weighted by Gasteiger charge is -2.15. The summed E-state index contributed by atoms with van der Waals surface area (Å²) >= 11 is 0. The van der Waals surface area contributed by atoms with Gasteiger partial charge in [-0.3, -0.25) is 0 Å². The van der Waals surface area contributed by atoms with Gasteiger partial charge in [-0.05, 0) is 68.0 Å². The number of para-hydroxylation sites is 2. The van der Waals surface area contributed by atoms with Crippen molar-refractivity contribution >= 4 is 64.9 Å². The summed E-state index contributed by atoms with van der Waals surface area (Å²) in [6, 6.07) is 64.6. The summed E-state index contributed by atoms with van der Waals surface area (Å²) in [5.41, 5.74) is 6.23. The first kappa shape index (κ1) is 29.5. The van der Waals surface area contributed by atoms with Crippen molar-refractivity contribution in [1.29, 1.82) is 0 Å². The van der Waals surface area contributed by atoms with Gasteiger partial charge in [-0.1, -0.05) is 152 Å². The Morgan fingerprint density at radius 2 is 0.792 bits per heavy atom. The van der Waals surface area contributed by atoms with Crippen molar-refractivity contribution in [2.45, 2.75) is 0 Å². The minimum atomic E-state index is 0.630. The maximum absolute atomic E-state index is 5.26. The van der Waals surface area contributed by atoms with Gasteiger partial charge in [-0.15, -0.1) is 0 Å². The van der Waals surface area contributed by atoms with Gasteiger partial charge < -0.3 is 4.57 Å². The van der Waals surface area contributed by atoms with E-state index in [9.17, 15) is 0 Å². The topological polar surface area (TPSA) is 43.6 Å². The van der Waals surface area contributed by atoms with Gasteiger partial charge in [0.25, 0.3) is 0 Å². The van der Waals surface area contributed by atoms with E-state index in [1.54, 1.807) is 0 Å². The molecule has 0 N–H and O–H groups in total. The Hall–Kier alpha value is -7.17. The molecule has 0 aliphatic rings. The third-order valence-electron chi connectivity index (χ3n) is 10.6. The van der Waals surface area contributed by atoms with E-state index < -0.39 is 0 Å². The van der Waals surface area contributed by atoms with Crippen molar-refractivity contribution in [3.63, 3.8) is 0 Å². The van der Waals surface area contributed by atoms with Crippen LogP contribution in [0.25, 0.3) is 105 Å². The smallest absolute Gasteiger partial charge is 0.164 e. The van der Waals surface area contributed by atoms with Crippen LogP contribution in [0.3, 0.4) is 0 Å². The summed E-state index contributed by atoms with van der Waals surface area (Å²) in [6.07, 6.45) is 0. The fourth-order valence-electron chi connectivity index (χ4n) is 8.09. The molecule has 0 atom stereocenters. The molecule has 53 heavy (non-hydrogen) atoms. The third-order valence-corrected chi connectivity index (χ3v) is 10.6. The molecule has 0 amide bonds. The molecule has 4 nitrogen and oxygen atoms in total. The van der Waals surface area contributed by atoms with E-state index >= 15 is 0 Å². The lowest BCUT2D eigenvalue weighted by atomic mass is 9.96. The van der Waals surface area contributed by atoms with Crippen LogP contribution >= 0.6 is 0 Å². The number of nitrogens with zero attached hydrogens (tertiary/aromatic N) is 4. The van der Waals surface area contributed by atoms with E-state index in [4.69, 9.17) is 15.0 Å². The summed E-state index contributed by atoms with van der Waals surface area (Å²) in [5, 5.41) is 12.0. The van der Waals surface area contributed by atoms with Crippen LogP contribution in [0.4, 0.5) is 0 Å². The van der Waals surface area contributed by atoms with Crippen LogP contribution in [0, 0.1) is 0 Å². The highest BCUT2D eigenvalue weighted by molar-refractivity contribution is 6.17. The second-order valence-corrected chi connectivity index (χ2v) is 13.6. The average Bonchev–Trinajstić information content (AvgIpc) is 3.57. The van der Waals surface area contributed by atoms with E-state index in [0.29, 0.717) is 17.5 Å². The predicted molar refractivity (Wildman–Crippen MR) is 220 cm³/mol. The van der Waals surface area contributed by atoms with Crippen molar-refractivity contribution in [2.75, 3.05) is 0 Å². The fraction of sp³-hybridized carbons (Fsp3) is 0. The van der Waals surface area contributed by atoms with Gasteiger partial charge >= 0.3 is 0 Å². The van der Waals surface area contributed by atoms with Gasteiger partial charge in [0.15, 0.2) is 17.5 Å². The molecule has 11 aromatic rings. The molecule has 4 heteroatoms. The van der Waals surface area contributed by atoms with Crippen molar-refractivity contribution in [3.8, 4) is 39.9 Å². The molecule has 0 spiro atoms. The monoisotopic (exact) mass is 674 g/mol. The first-order valence-electron chi connectivity index (χ1n) is 17.9. The van der Waals surface area contributed by atoms with Gasteiger partial charge in [0.2, 0.25) is 0 Å². The van der Waals surface area contributed by atoms with Crippen molar-refractivity contribution in [3.05, 3.63) is 182 Å². The number of rotatable bonds is 4. The molecular weight excluding hydrogens is 645 g/mol. The van der Waals surface area contributed by atoms with Crippen molar-refractivity contribution in [2.24, 2.45) is 0 Å². The van der Waals surface area contributed by atoms with Crippen molar-refractivity contribution in [1.82, 2.24) is 19.5 Å². The van der Waals surface area contributed by atoms with E-state index in [1.165, 1.54) is 43.1 Å². The number of aromatic nitrogens is 4. The second kappa shape index (κ2) is 11.7. The molecule has 0 saturated carbocycles. The molecule has 0 radical (unpaired) electrons. The molecule has 0 bridgehead atoms. The van der Waals surface area contributed by atoms with Crippen LogP contribution in [0.1, 0.15) is 0 Å². The number of hydrogen-bond donors (Lipinski definition) is 0. The quantitative estimate of drug-likeness (QED) is 0.175. The number of hydrogen-bond acceptors (Lipinski definition) is 3. The zero-order chi connectivity index (χ0) is 34.9. The molecule has 0 saturated heterocycles. The lowest BCUT2D eigenvalue weighted by Crippen LogP contribution is -2.02. The first-order valence-corrected chi connectivity index (χ1v) is 17.9. The second-order valence-electron chi connectivity index (χ2n) is 13.6. The maximum Gasteiger partial charge on any atom is 0.164 e. The van der Waals surface area contributed by atoms with Gasteiger partial charge in [0.05, 0.1) is 16.7 Å². The lowest BCUT2D eigenvalue weighted by molar-refractivity contribution is 1.07. The summed E-state index contributed by atoms with van der Waals surface area (Å²) in [7, 11) is 0. The zero-order valence-corrected chi connectivity index (χ0v) is 28.6. The molecule has 11 rings (SSSR count). The van der Waals surface area contributed by atoms with Crippen molar-refractivity contribution < 1.29 is 0 Å². The van der Waals surface area contributed by atoms with Crippen LogP contribution in [0.5, 0.6) is 0 Å². The van der Waals surface area contributed by atoms with Crippen LogP contribution in [-0.2, 0) is 0 Å². The predicted octanol–water partition coefficient (Wildman–Crippen LogP) is 12.6. The van der Waals surface area contributed by atoms with Gasteiger partial charge in [0.1, 0.15) is 0 Å². The molecular formula is C49H30N4. The summed E-state index contributed by atoms with van der Waals surface area (Å²) in [4.78, 5) is 15.6. The highest BCUT2D eigenvalue weighted by atomic mass is 15.0. The normalized spacial score (nSPS) is 11.8. The molecule has 9 aromatic carbocycles. The van der Waals surface area contributed by atoms with Crippen LogP contribution in [-0.4, -0.2) is 19.5 Å². The molecule has 246 valence electrons. The Balaban J connectivity index is 1.16. The fourth-order valence-corrected chi connectivity index (χ4v) is 8.09. The molecule has 2 aromatic heterocycles. The number of benzene rings is 9. The van der Waals surface area contributed by atoms with Crippen LogP contribution < -0.4 is 0 Å². The molecule has 0 fully saturated rings. The Labute approximate surface area is 305 Å². The maximum atomic E-state index is 5.26. The standard InChI is InChI=1S/C49H30N4/c1-2-13-33(14-3-1)47-50-48(35-23-22-32-25-26-39-37-16-6-4-12-31(37)24-27-40(39)43(32)29-35)52-49(51-47)36-28-34-15-5-7-17-38(34)46(30-36)53-44-20-10-8-18-41(44)42-19-9-11-21-45(42)53/h1-30H. The Morgan fingerprint density at radius 1 is 0.283 bits per heavy atom. The molecule has 0 aliphatic heterocycles. The highest BCUT2D eigenvalue weighted by Gasteiger charge is 2.18. The van der Waals surface area contributed by atoms with Crippen LogP contribution in [0.15, 0.2) is 182 Å². The summed E-state index contributed by atoms with van der Waals surface area (Å²) in [6.45, 7) is 0. The van der Waals surface area contributed by atoms with E-state index in [-0.39, 0.29) is 0 Å². The van der Waals surface area contributed by atoms with Gasteiger partial charge in [-0.25, -0.2) is 15.0 Å². The molecule has 0 unspecified atom stereocenters. The Bertz CT molecular complexity index is 3180. The van der Waals surface area contributed by atoms with Gasteiger partial charge in [0, 0.05) is 32.8 Å². The minimum Gasteiger partial charge on any atom is -0.309 e. The molecule has 2 heterocycles. The highest BCUT2D eigenvalue weighted by Crippen LogP contribution is 2.38. The van der Waals surface area contributed by atoms with E-state index in [0.717, 1.165) is 44.2 Å². The van der Waals surface area contributed by atoms with E-state index in [2.05, 4.69) is 168 Å². The average molecular weight is 675 g/mol. The van der Waals surface area contributed by atoms with E-state index in [1.807, 2.05) is 18.2 Å². The summed E-state index contributed by atoms with van der Waals surface area (Å²) < 4.78 is 2.38. The zero-order valence-electron chi connectivity index (χ0n) is 28.6. The Morgan fingerprint density at radius 3 is 1.51 bits per heavy atom. The third kappa shape index (κ3) is 4.73. The molecule has 0 aliphatic carbocycles. The summed E-state index contributed by atoms with van der Waals surface area (Å²) in [5.74, 6) is 1.91. The number of fused-ring (bicyclic) bond motifs is 9. The van der Waals surface area contributed by atoms with Crippen LogP contribution in [0.2, 0.25) is 0 Å². The SMILES string of the molecule is c1ccc(-c2nc(-c3cc(-n4c5ccccc5c5ccccc54)c4ccccc4c3)nc(-c3ccc4ccc5c6ccccc6ccc5c4c3)n2)cc1.